The van der Waals surface area contributed by atoms with E-state index in [2.05, 4.69) is 37.8 Å². The van der Waals surface area contributed by atoms with E-state index in [1.165, 1.54) is 16.9 Å². The van der Waals surface area contributed by atoms with Gasteiger partial charge >= 0.3 is 0 Å². The third-order valence-corrected chi connectivity index (χ3v) is 6.21. The minimum absolute atomic E-state index is 0.148. The zero-order valence-electron chi connectivity index (χ0n) is 15.4. The van der Waals surface area contributed by atoms with Crippen LogP contribution in [0.25, 0.3) is 11.3 Å². The van der Waals surface area contributed by atoms with Crippen molar-refractivity contribution < 1.29 is 9.90 Å². The number of phenols is 1. The predicted molar refractivity (Wildman–Crippen MR) is 114 cm³/mol. The second-order valence-electron chi connectivity index (χ2n) is 6.24. The lowest BCUT2D eigenvalue weighted by Gasteiger charge is -2.03. The first-order valence-electron chi connectivity index (χ1n) is 8.76. The van der Waals surface area contributed by atoms with Crippen LogP contribution in [-0.2, 0) is 5.75 Å². The molecule has 0 aliphatic carbocycles. The number of aromatic nitrogens is 4. The van der Waals surface area contributed by atoms with Crippen LogP contribution in [0.4, 0.5) is 5.13 Å². The molecule has 2 heterocycles. The maximum absolute atomic E-state index is 12.5. The van der Waals surface area contributed by atoms with Crippen molar-refractivity contribution in [2.45, 2.75) is 17.0 Å². The van der Waals surface area contributed by atoms with Gasteiger partial charge in [0, 0.05) is 11.3 Å². The molecule has 29 heavy (non-hydrogen) atoms. The SMILES string of the molecule is Cc1cccc(-c2cc(C(=O)Nc3nnc(SCc4ccccc4)s3)[nH]n2)c1O. The number of amides is 1. The molecule has 0 fully saturated rings. The number of carbonyl (C=O) groups excluding carboxylic acids is 1. The lowest BCUT2D eigenvalue weighted by Crippen LogP contribution is -2.12. The lowest BCUT2D eigenvalue weighted by atomic mass is 10.1. The summed E-state index contributed by atoms with van der Waals surface area (Å²) in [6, 6.07) is 17.1. The molecule has 2 aromatic carbocycles. The highest BCUT2D eigenvalue weighted by Gasteiger charge is 2.16. The van der Waals surface area contributed by atoms with Crippen molar-refractivity contribution in [3.05, 3.63) is 71.4 Å². The average molecular weight is 424 g/mol. The van der Waals surface area contributed by atoms with Crippen LogP contribution in [0.15, 0.2) is 58.9 Å². The average Bonchev–Trinajstić information content (AvgIpc) is 3.39. The van der Waals surface area contributed by atoms with Crippen molar-refractivity contribution in [1.29, 1.82) is 0 Å². The monoisotopic (exact) mass is 423 g/mol. The molecule has 0 aliphatic rings. The number of carbonyl (C=O) groups is 1. The fourth-order valence-corrected chi connectivity index (χ4v) is 4.35. The topological polar surface area (TPSA) is 104 Å². The number of thioether (sulfide) groups is 1. The number of phenolic OH excluding ortho intramolecular Hbond substituents is 1. The van der Waals surface area contributed by atoms with Gasteiger partial charge in [-0.3, -0.25) is 15.2 Å². The Morgan fingerprint density at radius 1 is 1.17 bits per heavy atom. The van der Waals surface area contributed by atoms with Gasteiger partial charge in [0.05, 0.1) is 5.69 Å². The Kier molecular flexibility index (Phi) is 5.59. The van der Waals surface area contributed by atoms with E-state index in [1.807, 2.05) is 37.3 Å². The first-order chi connectivity index (χ1) is 14.1. The molecule has 0 unspecified atom stereocenters. The number of nitrogens with one attached hydrogen (secondary N) is 2. The van der Waals surface area contributed by atoms with Crippen LogP contribution in [-0.4, -0.2) is 31.4 Å². The smallest absolute Gasteiger partial charge is 0.275 e. The van der Waals surface area contributed by atoms with Crippen LogP contribution in [0.2, 0.25) is 0 Å². The van der Waals surface area contributed by atoms with Gasteiger partial charge in [0.1, 0.15) is 11.4 Å². The molecule has 3 N–H and O–H groups in total. The Morgan fingerprint density at radius 2 is 2.00 bits per heavy atom. The zero-order chi connectivity index (χ0) is 20.2. The molecule has 0 radical (unpaired) electrons. The summed E-state index contributed by atoms with van der Waals surface area (Å²) in [6.45, 7) is 1.81. The summed E-state index contributed by atoms with van der Waals surface area (Å²) in [6.07, 6.45) is 0. The van der Waals surface area contributed by atoms with Gasteiger partial charge in [0.15, 0.2) is 4.34 Å². The highest BCUT2D eigenvalue weighted by molar-refractivity contribution is 8.00. The normalized spacial score (nSPS) is 10.8. The molecule has 2 aromatic heterocycles. The van der Waals surface area contributed by atoms with E-state index in [-0.39, 0.29) is 17.4 Å². The molecule has 0 bridgehead atoms. The van der Waals surface area contributed by atoms with Crippen LogP contribution in [0.1, 0.15) is 21.6 Å². The van der Waals surface area contributed by atoms with Crippen LogP contribution in [0, 0.1) is 6.92 Å². The minimum atomic E-state index is -0.369. The van der Waals surface area contributed by atoms with Crippen LogP contribution in [0.5, 0.6) is 5.75 Å². The molecule has 0 aliphatic heterocycles. The molecule has 4 rings (SSSR count). The number of rotatable bonds is 6. The molecule has 1 amide bonds. The Labute approximate surface area is 175 Å². The Morgan fingerprint density at radius 3 is 2.83 bits per heavy atom. The fraction of sp³-hybridized carbons (Fsp3) is 0.100. The number of nitrogens with zero attached hydrogens (tertiary/aromatic N) is 3. The summed E-state index contributed by atoms with van der Waals surface area (Å²) < 4.78 is 0.777. The Balaban J connectivity index is 1.41. The summed E-state index contributed by atoms with van der Waals surface area (Å²) >= 11 is 2.88. The standard InChI is InChI=1S/C20H17N5O2S2/c1-12-6-5-9-14(17(12)26)15-10-16(23-22-15)18(27)21-19-24-25-20(29-19)28-11-13-7-3-2-4-8-13/h2-10,26H,11H2,1H3,(H,22,23)(H,21,24,27). The summed E-state index contributed by atoms with van der Waals surface area (Å²) in [4.78, 5) is 12.5. The van der Waals surface area contributed by atoms with E-state index in [4.69, 9.17) is 0 Å². The summed E-state index contributed by atoms with van der Waals surface area (Å²) in [5.41, 5.74) is 3.27. The molecular weight excluding hydrogens is 406 g/mol. The number of aromatic amines is 1. The first-order valence-corrected chi connectivity index (χ1v) is 10.6. The second-order valence-corrected chi connectivity index (χ2v) is 8.44. The van der Waals surface area contributed by atoms with Gasteiger partial charge in [-0.05, 0) is 30.2 Å². The highest BCUT2D eigenvalue weighted by Crippen LogP contribution is 2.31. The number of benzene rings is 2. The predicted octanol–water partition coefficient (Wildman–Crippen LogP) is 4.49. The van der Waals surface area contributed by atoms with Crippen molar-refractivity contribution in [2.75, 3.05) is 5.32 Å². The van der Waals surface area contributed by atoms with Crippen LogP contribution >= 0.6 is 23.1 Å². The minimum Gasteiger partial charge on any atom is -0.507 e. The molecule has 0 spiro atoms. The number of H-pyrrole nitrogens is 1. The van der Waals surface area contributed by atoms with E-state index in [9.17, 15) is 9.90 Å². The Hall–Kier alpha value is -3.17. The van der Waals surface area contributed by atoms with Gasteiger partial charge in [-0.2, -0.15) is 5.10 Å². The molecule has 7 nitrogen and oxygen atoms in total. The summed E-state index contributed by atoms with van der Waals surface area (Å²) in [5.74, 6) is 0.564. The number of para-hydroxylation sites is 1. The van der Waals surface area contributed by atoms with Crippen LogP contribution < -0.4 is 5.32 Å². The zero-order valence-corrected chi connectivity index (χ0v) is 17.0. The molecular formula is C20H17N5O2S2. The van der Waals surface area contributed by atoms with Gasteiger partial charge in [0.2, 0.25) is 5.13 Å². The molecule has 0 atom stereocenters. The number of aromatic hydroxyl groups is 1. The fourth-order valence-electron chi connectivity index (χ4n) is 2.64. The number of hydrogen-bond acceptors (Lipinski definition) is 7. The van der Waals surface area contributed by atoms with Crippen molar-refractivity contribution >= 4 is 34.1 Å². The quantitative estimate of drug-likeness (QED) is 0.312. The number of aryl methyl sites for hydroxylation is 1. The van der Waals surface area contributed by atoms with Crippen LogP contribution in [0.3, 0.4) is 0 Å². The van der Waals surface area contributed by atoms with E-state index in [0.29, 0.717) is 16.4 Å². The maximum Gasteiger partial charge on any atom is 0.275 e. The van der Waals surface area contributed by atoms with Gasteiger partial charge in [-0.15, -0.1) is 10.2 Å². The molecule has 146 valence electrons. The molecule has 4 aromatic rings. The molecule has 9 heteroatoms. The van der Waals surface area contributed by atoms with Crippen molar-refractivity contribution in [1.82, 2.24) is 20.4 Å². The van der Waals surface area contributed by atoms with E-state index >= 15 is 0 Å². The summed E-state index contributed by atoms with van der Waals surface area (Å²) in [7, 11) is 0. The third-order valence-electron chi connectivity index (χ3n) is 4.17. The molecule has 0 saturated heterocycles. The van der Waals surface area contributed by atoms with E-state index < -0.39 is 0 Å². The molecule has 0 saturated carbocycles. The van der Waals surface area contributed by atoms with Crippen molar-refractivity contribution in [3.8, 4) is 17.0 Å². The lowest BCUT2D eigenvalue weighted by molar-refractivity contribution is 0.102. The first kappa shape index (κ1) is 19.2. The largest absolute Gasteiger partial charge is 0.507 e. The highest BCUT2D eigenvalue weighted by atomic mass is 32.2. The second kappa shape index (κ2) is 8.46. The van der Waals surface area contributed by atoms with Gasteiger partial charge in [0.25, 0.3) is 5.91 Å². The van der Waals surface area contributed by atoms with Crippen molar-refractivity contribution in [3.63, 3.8) is 0 Å². The summed E-state index contributed by atoms with van der Waals surface area (Å²) in [5, 5.41) is 28.3. The van der Waals surface area contributed by atoms with Gasteiger partial charge in [-0.1, -0.05) is 65.6 Å². The number of hydrogen-bond donors (Lipinski definition) is 3. The number of anilines is 1. The van der Waals surface area contributed by atoms with Gasteiger partial charge in [-0.25, -0.2) is 0 Å². The van der Waals surface area contributed by atoms with E-state index in [1.54, 1.807) is 23.9 Å². The van der Waals surface area contributed by atoms with E-state index in [0.717, 1.165) is 15.7 Å². The van der Waals surface area contributed by atoms with Gasteiger partial charge < -0.3 is 5.11 Å². The Bertz CT molecular complexity index is 1140. The maximum atomic E-state index is 12.5. The van der Waals surface area contributed by atoms with Crippen molar-refractivity contribution in [2.24, 2.45) is 0 Å². The third kappa shape index (κ3) is 4.47.